The number of esters is 1. The molecule has 0 radical (unpaired) electrons. The molecule has 0 heterocycles. The zero-order valence-electron chi connectivity index (χ0n) is 10.4. The predicted molar refractivity (Wildman–Crippen MR) is 85.1 cm³/mol. The molecule has 1 saturated carbocycles. The fourth-order valence-electron chi connectivity index (χ4n) is 2.91. The Morgan fingerprint density at radius 3 is 2.11 bits per heavy atom. The van der Waals surface area contributed by atoms with Gasteiger partial charge in [-0.2, -0.15) is 0 Å². The molecule has 3 atom stereocenters. The first kappa shape index (κ1) is 16.4. The van der Waals surface area contributed by atoms with E-state index in [1.165, 1.54) is 6.92 Å². The maximum atomic E-state index is 11.3. The highest BCUT2D eigenvalue weighted by Crippen LogP contribution is 2.72. The van der Waals surface area contributed by atoms with Crippen LogP contribution in [0.1, 0.15) is 13.3 Å². The van der Waals surface area contributed by atoms with Gasteiger partial charge in [0.1, 0.15) is 10.4 Å². The van der Waals surface area contributed by atoms with E-state index in [0.717, 1.165) is 8.96 Å². The van der Waals surface area contributed by atoms with E-state index in [1.807, 2.05) is 0 Å². The standard InChI is InChI=1S/C11H12Br4O4/c1-5(16)19-6-4-9(14)7(12)8(13)10(6,15)11(9,17-2)18-3/h6H,4H2,1-3H3/t6-,9+,10-/m1/s1. The minimum atomic E-state index is -1.03. The van der Waals surface area contributed by atoms with Crippen LogP contribution in [0.3, 0.4) is 0 Å². The number of alkyl halides is 2. The van der Waals surface area contributed by atoms with Crippen molar-refractivity contribution in [1.29, 1.82) is 0 Å². The predicted octanol–water partition coefficient (Wildman–Crippen LogP) is 3.59. The van der Waals surface area contributed by atoms with Crippen LogP contribution in [0.15, 0.2) is 8.96 Å². The van der Waals surface area contributed by atoms with E-state index in [1.54, 1.807) is 14.2 Å². The Kier molecular flexibility index (Phi) is 4.37. The summed E-state index contributed by atoms with van der Waals surface area (Å²) >= 11 is 14.5. The summed E-state index contributed by atoms with van der Waals surface area (Å²) in [4.78, 5) is 11.3. The fraction of sp³-hybridized carbons (Fsp3) is 0.727. The summed E-state index contributed by atoms with van der Waals surface area (Å²) in [5.74, 6) is -1.37. The number of fused-ring (bicyclic) bond motifs is 2. The van der Waals surface area contributed by atoms with Gasteiger partial charge in [-0.25, -0.2) is 0 Å². The van der Waals surface area contributed by atoms with Gasteiger partial charge < -0.3 is 14.2 Å². The molecule has 108 valence electrons. The zero-order valence-corrected chi connectivity index (χ0v) is 16.8. The van der Waals surface area contributed by atoms with Crippen LogP contribution < -0.4 is 0 Å². The second kappa shape index (κ2) is 5.05. The highest BCUT2D eigenvalue weighted by molar-refractivity contribution is 9.16. The van der Waals surface area contributed by atoms with Crippen molar-refractivity contribution >= 4 is 69.7 Å². The van der Waals surface area contributed by atoms with E-state index in [2.05, 4.69) is 63.7 Å². The molecule has 0 N–H and O–H groups in total. The molecule has 0 saturated heterocycles. The van der Waals surface area contributed by atoms with E-state index < -0.39 is 20.5 Å². The minimum absolute atomic E-state index is 0.343. The lowest BCUT2D eigenvalue weighted by Gasteiger charge is -2.41. The lowest BCUT2D eigenvalue weighted by molar-refractivity contribution is -0.216. The van der Waals surface area contributed by atoms with Gasteiger partial charge in [-0.3, -0.25) is 4.79 Å². The third-order valence-corrected chi connectivity index (χ3v) is 10.0. The highest BCUT2D eigenvalue weighted by atomic mass is 79.9. The Bertz CT molecular complexity index is 462. The zero-order chi connectivity index (χ0) is 14.6. The smallest absolute Gasteiger partial charge is 0.302 e. The monoisotopic (exact) mass is 524 g/mol. The maximum absolute atomic E-state index is 11.3. The highest BCUT2D eigenvalue weighted by Gasteiger charge is 2.80. The molecule has 8 heteroatoms. The summed E-state index contributed by atoms with van der Waals surface area (Å²) in [5, 5.41) is 0. The van der Waals surface area contributed by atoms with Gasteiger partial charge in [-0.05, 0) is 0 Å². The lowest BCUT2D eigenvalue weighted by Crippen LogP contribution is -2.57. The normalized spacial score (nSPS) is 39.8. The molecule has 19 heavy (non-hydrogen) atoms. The molecular formula is C11H12Br4O4. The molecule has 4 nitrogen and oxygen atoms in total. The van der Waals surface area contributed by atoms with E-state index >= 15 is 0 Å². The van der Waals surface area contributed by atoms with Gasteiger partial charge >= 0.3 is 5.97 Å². The van der Waals surface area contributed by atoms with Crippen molar-refractivity contribution in [3.8, 4) is 0 Å². The third kappa shape index (κ3) is 1.76. The van der Waals surface area contributed by atoms with Crippen molar-refractivity contribution in [2.24, 2.45) is 0 Å². The van der Waals surface area contributed by atoms with E-state index in [9.17, 15) is 4.79 Å². The third-order valence-electron chi connectivity index (χ3n) is 3.65. The molecule has 2 aliphatic rings. The minimum Gasteiger partial charge on any atom is -0.460 e. The van der Waals surface area contributed by atoms with Crippen molar-refractivity contribution in [3.05, 3.63) is 8.96 Å². The van der Waals surface area contributed by atoms with Crippen molar-refractivity contribution < 1.29 is 19.0 Å². The van der Waals surface area contributed by atoms with Crippen LogP contribution in [-0.2, 0) is 19.0 Å². The van der Waals surface area contributed by atoms with Crippen molar-refractivity contribution in [1.82, 2.24) is 0 Å². The van der Waals surface area contributed by atoms with Gasteiger partial charge in [0.15, 0.2) is 4.32 Å². The molecule has 0 aromatic carbocycles. The topological polar surface area (TPSA) is 44.8 Å². The summed E-state index contributed by atoms with van der Waals surface area (Å²) in [7, 11) is 3.13. The lowest BCUT2D eigenvalue weighted by atomic mass is 10.0. The Labute approximate surface area is 145 Å². The second-order valence-corrected chi connectivity index (χ2v) is 8.66. The molecular weight excluding hydrogens is 516 g/mol. The Morgan fingerprint density at radius 1 is 1.21 bits per heavy atom. The first-order valence-electron chi connectivity index (χ1n) is 5.43. The summed E-state index contributed by atoms with van der Waals surface area (Å²) in [6.07, 6.45) is 0.106. The number of carbonyl (C=O) groups excluding carboxylic acids is 1. The molecule has 0 spiro atoms. The summed E-state index contributed by atoms with van der Waals surface area (Å²) in [5.41, 5.74) is 0. The van der Waals surface area contributed by atoms with Crippen molar-refractivity contribution in [3.63, 3.8) is 0 Å². The number of carbonyl (C=O) groups is 1. The fourth-order valence-corrected chi connectivity index (χ4v) is 7.54. The van der Waals surface area contributed by atoms with Crippen molar-refractivity contribution in [2.45, 2.75) is 33.9 Å². The molecule has 2 rings (SSSR count). The Hall–Kier alpha value is 1.05. The molecule has 0 aliphatic heterocycles. The molecule has 0 amide bonds. The average Bonchev–Trinajstić information content (AvgIpc) is 2.60. The maximum Gasteiger partial charge on any atom is 0.302 e. The van der Waals surface area contributed by atoms with Crippen LogP contribution in [-0.4, -0.2) is 40.7 Å². The summed E-state index contributed by atoms with van der Waals surface area (Å²) < 4.78 is 17.0. The van der Waals surface area contributed by atoms with Crippen LogP contribution in [0, 0.1) is 0 Å². The number of hydrogen-bond donors (Lipinski definition) is 0. The first-order valence-corrected chi connectivity index (χ1v) is 8.60. The number of ether oxygens (including phenoxy) is 3. The second-order valence-electron chi connectivity index (χ2n) is 4.47. The van der Waals surface area contributed by atoms with Crippen LogP contribution in [0.5, 0.6) is 0 Å². The number of halogens is 4. The van der Waals surface area contributed by atoms with Crippen molar-refractivity contribution in [2.75, 3.05) is 14.2 Å². The van der Waals surface area contributed by atoms with E-state index in [-0.39, 0.29) is 5.97 Å². The van der Waals surface area contributed by atoms with Gasteiger partial charge in [0.05, 0.1) is 0 Å². The van der Waals surface area contributed by atoms with Gasteiger partial charge in [-0.1, -0.05) is 63.7 Å². The van der Waals surface area contributed by atoms with Gasteiger partial charge in [-0.15, -0.1) is 0 Å². The van der Waals surface area contributed by atoms with Crippen LogP contribution in [0.4, 0.5) is 0 Å². The van der Waals surface area contributed by atoms with E-state index in [4.69, 9.17) is 14.2 Å². The number of rotatable bonds is 3. The Balaban J connectivity index is 2.61. The molecule has 0 unspecified atom stereocenters. The van der Waals surface area contributed by atoms with Crippen LogP contribution in [0.2, 0.25) is 0 Å². The van der Waals surface area contributed by atoms with Crippen LogP contribution >= 0.6 is 63.7 Å². The largest absolute Gasteiger partial charge is 0.460 e. The molecule has 0 aromatic rings. The molecule has 2 bridgehead atoms. The SMILES string of the molecule is COC1(OC)[C@]2(Br)C[C@@H](OC(C)=O)[C@@]1(Br)C(Br)=C2Br. The Morgan fingerprint density at radius 2 is 1.74 bits per heavy atom. The quantitative estimate of drug-likeness (QED) is 0.320. The number of methoxy groups -OCH3 is 2. The molecule has 2 aliphatic carbocycles. The van der Waals surface area contributed by atoms with E-state index in [0.29, 0.717) is 6.42 Å². The molecule has 0 aromatic heterocycles. The first-order chi connectivity index (χ1) is 8.71. The van der Waals surface area contributed by atoms with Crippen LogP contribution in [0.25, 0.3) is 0 Å². The molecule has 1 fully saturated rings. The average molecular weight is 528 g/mol. The van der Waals surface area contributed by atoms with Gasteiger partial charge in [0.25, 0.3) is 0 Å². The van der Waals surface area contributed by atoms with Gasteiger partial charge in [0, 0.05) is 36.5 Å². The summed E-state index contributed by atoms with van der Waals surface area (Å²) in [6.45, 7) is 1.39. The summed E-state index contributed by atoms with van der Waals surface area (Å²) in [6, 6.07) is 0. The van der Waals surface area contributed by atoms with Gasteiger partial charge in [0.2, 0.25) is 5.79 Å². The number of hydrogen-bond acceptors (Lipinski definition) is 4.